The summed E-state index contributed by atoms with van der Waals surface area (Å²) in [5.41, 5.74) is 3.25. The molecule has 7 rings (SSSR count). The fraction of sp³-hybridized carbons (Fsp3) is 0.325. The van der Waals surface area contributed by atoms with Gasteiger partial charge in [-0.25, -0.2) is 18.1 Å². The zero-order chi connectivity index (χ0) is 41.4. The van der Waals surface area contributed by atoms with Crippen LogP contribution < -0.4 is 30.9 Å². The predicted octanol–water partition coefficient (Wildman–Crippen LogP) is 3.51. The van der Waals surface area contributed by atoms with Crippen LogP contribution in [0.25, 0.3) is 0 Å². The first-order valence-corrected chi connectivity index (χ1v) is 20.3. The second kappa shape index (κ2) is 15.9. The minimum Gasteiger partial charge on any atom is -0.376 e. The Hall–Kier alpha value is -6.40. The van der Waals surface area contributed by atoms with E-state index < -0.39 is 45.2 Å². The number of piperazine rings is 1. The van der Waals surface area contributed by atoms with E-state index in [1.165, 1.54) is 18.2 Å². The fourth-order valence-electron chi connectivity index (χ4n) is 6.94. The van der Waals surface area contributed by atoms with Gasteiger partial charge in [-0.15, -0.1) is 0 Å². The van der Waals surface area contributed by atoms with Crippen molar-refractivity contribution in [2.45, 2.75) is 57.0 Å². The smallest absolute Gasteiger partial charge is 0.262 e. The molecule has 3 aliphatic rings. The number of sulfonamides is 1. The SMILES string of the molecule is Cc1cnc(Nc2ccc(N3CCN(C(=O)CNc4ccc5c(c4)C(=O)N(C4CCC(=O)NC4=O)C5=O)CC3)cc2)nc1Nc1cccc(S(=O)(=O)NC(C)(C)C)c1. The first-order chi connectivity index (χ1) is 27.5. The Balaban J connectivity index is 0.900. The van der Waals surface area contributed by atoms with Gasteiger partial charge in [0.1, 0.15) is 11.9 Å². The number of imide groups is 2. The van der Waals surface area contributed by atoms with Crippen molar-refractivity contribution in [2.75, 3.05) is 53.6 Å². The first kappa shape index (κ1) is 39.8. The lowest BCUT2D eigenvalue weighted by Crippen LogP contribution is -2.54. The molecule has 0 saturated carbocycles. The molecule has 0 radical (unpaired) electrons. The zero-order valence-corrected chi connectivity index (χ0v) is 33.3. The van der Waals surface area contributed by atoms with Crippen LogP contribution in [0.4, 0.5) is 34.5 Å². The number of anilines is 6. The van der Waals surface area contributed by atoms with Crippen molar-refractivity contribution in [3.8, 4) is 0 Å². The summed E-state index contributed by atoms with van der Waals surface area (Å²) in [6, 6.07) is 17.9. The lowest BCUT2D eigenvalue weighted by atomic mass is 10.0. The van der Waals surface area contributed by atoms with Crippen LogP contribution in [0.1, 0.15) is 59.9 Å². The lowest BCUT2D eigenvalue weighted by Gasteiger charge is -2.36. The molecular formula is C40H44N10O7S. The molecule has 2 saturated heterocycles. The number of nitrogens with zero attached hydrogens (tertiary/aromatic N) is 5. The Kier molecular flexibility index (Phi) is 10.9. The third-order valence-electron chi connectivity index (χ3n) is 9.82. The van der Waals surface area contributed by atoms with E-state index in [1.807, 2.05) is 31.2 Å². The van der Waals surface area contributed by atoms with E-state index in [0.29, 0.717) is 49.3 Å². The molecule has 4 aromatic rings. The largest absolute Gasteiger partial charge is 0.376 e. The Labute approximate surface area is 335 Å². The highest BCUT2D eigenvalue weighted by atomic mass is 32.2. The van der Waals surface area contributed by atoms with Gasteiger partial charge in [-0.1, -0.05) is 6.07 Å². The summed E-state index contributed by atoms with van der Waals surface area (Å²) >= 11 is 0. The van der Waals surface area contributed by atoms with Gasteiger partial charge in [-0.05, 0) is 94.8 Å². The van der Waals surface area contributed by atoms with Gasteiger partial charge in [-0.3, -0.25) is 34.2 Å². The number of nitrogens with one attached hydrogen (secondary N) is 5. The minimum absolute atomic E-state index is 0.0142. The van der Waals surface area contributed by atoms with Crippen molar-refractivity contribution in [2.24, 2.45) is 0 Å². The lowest BCUT2D eigenvalue weighted by molar-refractivity contribution is -0.136. The summed E-state index contributed by atoms with van der Waals surface area (Å²) in [7, 11) is -3.72. The number of piperidine rings is 1. The van der Waals surface area contributed by atoms with Crippen LogP contribution in [0.2, 0.25) is 0 Å². The van der Waals surface area contributed by atoms with Crippen molar-refractivity contribution < 1.29 is 32.4 Å². The van der Waals surface area contributed by atoms with Gasteiger partial charge in [0.15, 0.2) is 0 Å². The van der Waals surface area contributed by atoms with E-state index in [4.69, 9.17) is 0 Å². The van der Waals surface area contributed by atoms with E-state index in [-0.39, 0.29) is 41.3 Å². The predicted molar refractivity (Wildman–Crippen MR) is 217 cm³/mol. The number of carbonyl (C=O) groups excluding carboxylic acids is 5. The molecule has 3 aromatic carbocycles. The van der Waals surface area contributed by atoms with Gasteiger partial charge >= 0.3 is 0 Å². The molecule has 58 heavy (non-hydrogen) atoms. The summed E-state index contributed by atoms with van der Waals surface area (Å²) in [4.78, 5) is 77.3. The molecule has 5 N–H and O–H groups in total. The van der Waals surface area contributed by atoms with Crippen molar-refractivity contribution >= 4 is 74.1 Å². The van der Waals surface area contributed by atoms with Crippen molar-refractivity contribution in [3.63, 3.8) is 0 Å². The average Bonchev–Trinajstić information content (AvgIpc) is 3.42. The van der Waals surface area contributed by atoms with Crippen molar-refractivity contribution in [1.29, 1.82) is 0 Å². The highest BCUT2D eigenvalue weighted by Gasteiger charge is 2.44. The molecule has 0 bridgehead atoms. The van der Waals surface area contributed by atoms with Gasteiger partial charge in [-0.2, -0.15) is 4.98 Å². The number of benzene rings is 3. The van der Waals surface area contributed by atoms with E-state index in [0.717, 1.165) is 21.8 Å². The van der Waals surface area contributed by atoms with E-state index in [1.54, 1.807) is 56.1 Å². The van der Waals surface area contributed by atoms with Gasteiger partial charge in [0.05, 0.1) is 22.6 Å². The van der Waals surface area contributed by atoms with Crippen LogP contribution in [-0.2, 0) is 24.4 Å². The number of amides is 5. The highest BCUT2D eigenvalue weighted by molar-refractivity contribution is 7.89. The number of hydrogen-bond donors (Lipinski definition) is 5. The number of aryl methyl sites for hydroxylation is 1. The van der Waals surface area contributed by atoms with Crippen LogP contribution in [0.15, 0.2) is 77.8 Å². The number of hydrogen-bond acceptors (Lipinski definition) is 13. The summed E-state index contributed by atoms with van der Waals surface area (Å²) < 4.78 is 28.4. The maximum Gasteiger partial charge on any atom is 0.262 e. The Morgan fingerprint density at radius 1 is 0.862 bits per heavy atom. The molecule has 1 atom stereocenters. The molecule has 2 fully saturated rings. The Morgan fingerprint density at radius 2 is 1.57 bits per heavy atom. The summed E-state index contributed by atoms with van der Waals surface area (Å²) in [6.07, 6.45) is 1.79. The Morgan fingerprint density at radius 3 is 2.28 bits per heavy atom. The second-order valence-corrected chi connectivity index (χ2v) is 17.0. The quantitative estimate of drug-likeness (QED) is 0.137. The third-order valence-corrected chi connectivity index (χ3v) is 11.6. The number of aromatic nitrogens is 2. The summed E-state index contributed by atoms with van der Waals surface area (Å²) in [5.74, 6) is -1.55. The molecule has 5 amide bonds. The standard InChI is InChI=1S/C40H44N10O7S/c1-24-22-42-39(46-35(24)43-27-6-5-7-29(20-27)58(56,57)47-40(2,3)4)44-25-8-11-28(12-9-25)48-16-18-49(19-17-48)34(52)23-41-26-10-13-30-31(21-26)38(55)50(37(30)54)32-14-15-33(51)45-36(32)53/h5-13,20-22,32,41,47H,14-19,23H2,1-4H3,(H,45,51,53)(H2,42,43,44,46). The Bertz CT molecular complexity index is 2410. The van der Waals surface area contributed by atoms with Crippen LogP contribution >= 0.6 is 0 Å². The second-order valence-electron chi connectivity index (χ2n) is 15.3. The number of carbonyl (C=O) groups is 5. The topological polar surface area (TPSA) is 215 Å². The maximum absolute atomic E-state index is 13.2. The number of fused-ring (bicyclic) bond motifs is 1. The fourth-order valence-corrected chi connectivity index (χ4v) is 8.40. The molecule has 0 spiro atoms. The van der Waals surface area contributed by atoms with Gasteiger partial charge in [0.25, 0.3) is 11.8 Å². The van der Waals surface area contributed by atoms with Crippen molar-refractivity contribution in [3.05, 3.63) is 89.6 Å². The maximum atomic E-state index is 13.2. The van der Waals surface area contributed by atoms with E-state index in [2.05, 4.69) is 40.9 Å². The molecular weight excluding hydrogens is 765 g/mol. The zero-order valence-electron chi connectivity index (χ0n) is 32.5. The van der Waals surface area contributed by atoms with E-state index in [9.17, 15) is 32.4 Å². The molecule has 1 aromatic heterocycles. The highest BCUT2D eigenvalue weighted by Crippen LogP contribution is 2.30. The van der Waals surface area contributed by atoms with Crippen molar-refractivity contribution in [1.82, 2.24) is 29.8 Å². The van der Waals surface area contributed by atoms with E-state index >= 15 is 0 Å². The van der Waals surface area contributed by atoms with Gasteiger partial charge in [0, 0.05) is 72.6 Å². The van der Waals surface area contributed by atoms with Gasteiger partial charge in [0.2, 0.25) is 33.7 Å². The average molecular weight is 809 g/mol. The molecule has 1 unspecified atom stereocenters. The molecule has 0 aliphatic carbocycles. The normalized spacial score (nSPS) is 17.2. The molecule has 18 heteroatoms. The minimum atomic E-state index is -3.72. The van der Waals surface area contributed by atoms with Crippen LogP contribution in [0.5, 0.6) is 0 Å². The monoisotopic (exact) mass is 808 g/mol. The molecule has 3 aliphatic heterocycles. The van der Waals surface area contributed by atoms with Crippen LogP contribution in [0, 0.1) is 6.92 Å². The molecule has 4 heterocycles. The molecule has 17 nitrogen and oxygen atoms in total. The van der Waals surface area contributed by atoms with Crippen LogP contribution in [-0.4, -0.2) is 102 Å². The third kappa shape index (κ3) is 8.77. The van der Waals surface area contributed by atoms with Crippen LogP contribution in [0.3, 0.4) is 0 Å². The molecule has 302 valence electrons. The number of rotatable bonds is 11. The first-order valence-electron chi connectivity index (χ1n) is 18.8. The summed E-state index contributed by atoms with van der Waals surface area (Å²) in [5, 5.41) is 11.7. The van der Waals surface area contributed by atoms with Gasteiger partial charge < -0.3 is 25.8 Å². The summed E-state index contributed by atoms with van der Waals surface area (Å²) in [6.45, 7) is 9.45.